The average molecular weight is 549 g/mol. The molecule has 0 radical (unpaired) electrons. The highest BCUT2D eigenvalue weighted by molar-refractivity contribution is 5.95. The molecule has 4 unspecified atom stereocenters. The Balaban J connectivity index is 1.29. The number of nitrogens with one attached hydrogen (secondary N) is 2. The maximum atomic E-state index is 9.60. The number of hydrogen-bond donors (Lipinski definition) is 4. The van der Waals surface area contributed by atoms with Crippen LogP contribution in [-0.4, -0.2) is 81.6 Å². The van der Waals surface area contributed by atoms with E-state index in [1.807, 2.05) is 0 Å². The van der Waals surface area contributed by atoms with E-state index >= 15 is 0 Å². The Kier molecular flexibility index (Phi) is 6.39. The van der Waals surface area contributed by atoms with E-state index < -0.39 is 0 Å². The van der Waals surface area contributed by atoms with E-state index in [2.05, 4.69) is 20.4 Å². The molecule has 0 aromatic carbocycles. The number of fused-ring (bicyclic) bond motifs is 3. The summed E-state index contributed by atoms with van der Waals surface area (Å²) in [6.07, 6.45) is 13.1. The van der Waals surface area contributed by atoms with E-state index in [1.54, 1.807) is 0 Å². The molecule has 4 N–H and O–H groups in total. The number of rotatable bonds is 8. The molecular weight excluding hydrogens is 504 g/mol. The summed E-state index contributed by atoms with van der Waals surface area (Å²) >= 11 is 0. The van der Waals surface area contributed by atoms with Crippen LogP contribution in [0.15, 0.2) is 0 Å². The van der Waals surface area contributed by atoms with Crippen LogP contribution in [0.5, 0.6) is 0 Å². The van der Waals surface area contributed by atoms with Gasteiger partial charge in [-0.3, -0.25) is 0 Å². The molecule has 8 bridgehead atoms. The number of aliphatic hydroxyl groups is 2. The molecule has 10 heteroatoms. The number of aromatic nitrogens is 4. The first-order chi connectivity index (χ1) is 19.6. The first kappa shape index (κ1) is 25.3. The first-order valence-electron chi connectivity index (χ1n) is 16.0. The van der Waals surface area contributed by atoms with Crippen molar-refractivity contribution in [3.63, 3.8) is 0 Å². The fraction of sp³-hybridized carbons (Fsp3) is 0.800. The Labute approximate surface area is 236 Å². The van der Waals surface area contributed by atoms with Crippen LogP contribution < -0.4 is 20.4 Å². The normalized spacial score (nSPS) is 35.9. The fourth-order valence-corrected chi connectivity index (χ4v) is 9.97. The van der Waals surface area contributed by atoms with Crippen molar-refractivity contribution in [3.05, 3.63) is 0 Å². The quantitative estimate of drug-likeness (QED) is 0.391. The Hall–Kier alpha value is -2.46. The zero-order valence-electron chi connectivity index (χ0n) is 23.5. The fourth-order valence-electron chi connectivity index (χ4n) is 9.97. The molecule has 6 heterocycles. The van der Waals surface area contributed by atoms with Crippen molar-refractivity contribution in [1.82, 2.24) is 19.9 Å². The van der Waals surface area contributed by atoms with Gasteiger partial charge < -0.3 is 30.6 Å². The van der Waals surface area contributed by atoms with Gasteiger partial charge >= 0.3 is 0 Å². The maximum absolute atomic E-state index is 9.60. The molecule has 216 valence electrons. The Morgan fingerprint density at radius 1 is 0.525 bits per heavy atom. The van der Waals surface area contributed by atoms with Crippen molar-refractivity contribution in [3.8, 4) is 0 Å². The topological polar surface area (TPSA) is 123 Å². The van der Waals surface area contributed by atoms with Gasteiger partial charge in [-0.15, -0.1) is 0 Å². The van der Waals surface area contributed by atoms with E-state index in [-0.39, 0.29) is 13.2 Å². The average Bonchev–Trinajstić information content (AvgIpc) is 3.27. The standard InChI is InChI=1S/C30H44N8O2/c39-3-1-31-29-33-25-26(27(35-29)37-15-21-7-17-5-18(8-21)12-23(37)11-17)34-30(32-2-4-40)36-28(25)38-16-22-9-19-6-20(10-22)14-24(38)13-19/h17-24,39-40H,1-16H2,(H,31,33,35)(H,32,34,36). The minimum absolute atomic E-state index is 0.0283. The van der Waals surface area contributed by atoms with Crippen molar-refractivity contribution < 1.29 is 10.2 Å². The predicted octanol–water partition coefficient (Wildman–Crippen LogP) is 3.26. The molecule has 10 rings (SSSR count). The van der Waals surface area contributed by atoms with Gasteiger partial charge in [0.05, 0.1) is 13.2 Å². The summed E-state index contributed by atoms with van der Waals surface area (Å²) in [5.74, 6) is 7.71. The third-order valence-electron chi connectivity index (χ3n) is 11.1. The van der Waals surface area contributed by atoms with Gasteiger partial charge in [-0.1, -0.05) is 0 Å². The molecule has 4 saturated heterocycles. The van der Waals surface area contributed by atoms with Gasteiger partial charge in [0, 0.05) is 38.3 Å². The zero-order valence-corrected chi connectivity index (χ0v) is 23.5. The molecule has 0 spiro atoms. The summed E-state index contributed by atoms with van der Waals surface area (Å²) in [5.41, 5.74) is 1.65. The summed E-state index contributed by atoms with van der Waals surface area (Å²) in [6.45, 7) is 2.93. The summed E-state index contributed by atoms with van der Waals surface area (Å²) < 4.78 is 0. The van der Waals surface area contributed by atoms with Crippen LogP contribution in [0.1, 0.15) is 64.2 Å². The second-order valence-electron chi connectivity index (χ2n) is 13.9. The molecule has 4 atom stereocenters. The highest BCUT2D eigenvalue weighted by atomic mass is 16.3. The molecule has 2 aromatic heterocycles. The smallest absolute Gasteiger partial charge is 0.225 e. The lowest BCUT2D eigenvalue weighted by Crippen LogP contribution is -2.40. The van der Waals surface area contributed by atoms with Crippen molar-refractivity contribution in [1.29, 1.82) is 0 Å². The second kappa shape index (κ2) is 10.1. The van der Waals surface area contributed by atoms with Crippen LogP contribution >= 0.6 is 0 Å². The lowest BCUT2D eigenvalue weighted by molar-refractivity contribution is 0.157. The number of hydrogen-bond acceptors (Lipinski definition) is 10. The SMILES string of the molecule is OCCNc1nc(N2CC3CC4CC(C3)CC2C4)c2nc(NCCO)nc(N3CC4CC5CC(C4)CC3C5)c2n1. The van der Waals surface area contributed by atoms with Crippen LogP contribution in [0.4, 0.5) is 23.5 Å². The minimum atomic E-state index is 0.0283. The molecular formula is C30H44N8O2. The van der Waals surface area contributed by atoms with Crippen LogP contribution in [-0.2, 0) is 0 Å². The highest BCUT2D eigenvalue weighted by Gasteiger charge is 2.45. The summed E-state index contributed by atoms with van der Waals surface area (Å²) in [7, 11) is 0. The van der Waals surface area contributed by atoms with Crippen LogP contribution in [0, 0.1) is 35.5 Å². The molecule has 40 heavy (non-hydrogen) atoms. The first-order valence-corrected chi connectivity index (χ1v) is 16.0. The molecule has 10 nitrogen and oxygen atoms in total. The lowest BCUT2D eigenvalue weighted by Gasteiger charge is -2.39. The van der Waals surface area contributed by atoms with Gasteiger partial charge in [-0.2, -0.15) is 9.97 Å². The van der Waals surface area contributed by atoms with E-state index in [1.165, 1.54) is 64.2 Å². The molecule has 0 amide bonds. The van der Waals surface area contributed by atoms with E-state index in [0.717, 1.165) is 59.4 Å². The van der Waals surface area contributed by atoms with Gasteiger partial charge in [0.25, 0.3) is 0 Å². The molecule has 8 fully saturated rings. The minimum Gasteiger partial charge on any atom is -0.395 e. The summed E-state index contributed by atoms with van der Waals surface area (Å²) in [5, 5.41) is 25.8. The van der Waals surface area contributed by atoms with Gasteiger partial charge in [0.2, 0.25) is 11.9 Å². The molecule has 2 aromatic rings. The van der Waals surface area contributed by atoms with Gasteiger partial charge in [-0.05, 0) is 99.7 Å². The number of anilines is 4. The molecule has 4 aliphatic carbocycles. The van der Waals surface area contributed by atoms with Crippen molar-refractivity contribution >= 4 is 34.6 Å². The largest absolute Gasteiger partial charge is 0.395 e. The number of aliphatic hydroxyl groups excluding tert-OH is 2. The van der Waals surface area contributed by atoms with E-state index in [9.17, 15) is 10.2 Å². The van der Waals surface area contributed by atoms with Crippen LogP contribution in [0.2, 0.25) is 0 Å². The molecule has 4 saturated carbocycles. The summed E-state index contributed by atoms with van der Waals surface area (Å²) in [4.78, 5) is 25.5. The maximum Gasteiger partial charge on any atom is 0.225 e. The monoisotopic (exact) mass is 548 g/mol. The van der Waals surface area contributed by atoms with Gasteiger partial charge in [0.15, 0.2) is 11.6 Å². The van der Waals surface area contributed by atoms with Crippen molar-refractivity contribution in [2.24, 2.45) is 35.5 Å². The Morgan fingerprint density at radius 2 is 0.900 bits per heavy atom. The summed E-state index contributed by atoms with van der Waals surface area (Å²) in [6, 6.07) is 0.966. The third kappa shape index (κ3) is 4.46. The number of nitrogens with zero attached hydrogens (tertiary/aromatic N) is 6. The van der Waals surface area contributed by atoms with Crippen molar-refractivity contribution in [2.75, 3.05) is 59.8 Å². The molecule has 4 aliphatic heterocycles. The van der Waals surface area contributed by atoms with Gasteiger partial charge in [0.1, 0.15) is 11.0 Å². The van der Waals surface area contributed by atoms with Crippen LogP contribution in [0.3, 0.4) is 0 Å². The van der Waals surface area contributed by atoms with Gasteiger partial charge in [-0.25, -0.2) is 9.97 Å². The van der Waals surface area contributed by atoms with E-state index in [0.29, 0.717) is 48.9 Å². The second-order valence-corrected chi connectivity index (χ2v) is 13.9. The van der Waals surface area contributed by atoms with Crippen LogP contribution in [0.25, 0.3) is 11.0 Å². The Bertz CT molecular complexity index is 1140. The van der Waals surface area contributed by atoms with E-state index in [4.69, 9.17) is 19.9 Å². The zero-order chi connectivity index (χ0) is 26.8. The Morgan fingerprint density at radius 3 is 1.27 bits per heavy atom. The third-order valence-corrected chi connectivity index (χ3v) is 11.1. The lowest BCUT2D eigenvalue weighted by atomic mass is 9.68. The highest BCUT2D eigenvalue weighted by Crippen LogP contribution is 2.51. The van der Waals surface area contributed by atoms with Crippen molar-refractivity contribution in [2.45, 2.75) is 76.3 Å². The predicted molar refractivity (Wildman–Crippen MR) is 156 cm³/mol. The molecule has 8 aliphatic rings.